The lowest BCUT2D eigenvalue weighted by atomic mass is 9.94. The summed E-state index contributed by atoms with van der Waals surface area (Å²) in [4.78, 5) is 10.5. The molecule has 1 aliphatic rings. The molecule has 0 aliphatic carbocycles. The zero-order valence-electron chi connectivity index (χ0n) is 7.63. The third-order valence-corrected chi connectivity index (χ3v) is 2.21. The van der Waals surface area contributed by atoms with E-state index in [9.17, 15) is 18.7 Å². The van der Waals surface area contributed by atoms with Gasteiger partial charge in [-0.05, 0) is 0 Å². The first-order valence-electron chi connectivity index (χ1n) is 4.39. The van der Waals surface area contributed by atoms with Crippen LogP contribution in [0.3, 0.4) is 0 Å². The van der Waals surface area contributed by atoms with Crippen molar-refractivity contribution in [1.82, 2.24) is 5.32 Å². The Morgan fingerprint density at radius 2 is 2.07 bits per heavy atom. The van der Waals surface area contributed by atoms with E-state index in [0.717, 1.165) is 0 Å². The van der Waals surface area contributed by atoms with Gasteiger partial charge in [-0.3, -0.25) is 4.79 Å². The number of amides is 1. The lowest BCUT2D eigenvalue weighted by molar-refractivity contribution is -0.134. The largest absolute Gasteiger partial charge is 0.388 e. The van der Waals surface area contributed by atoms with Gasteiger partial charge in [0.25, 0.3) is 5.91 Å². The molecule has 0 radical (unpaired) electrons. The average molecular weight is 209 g/mol. The SMILES string of the molecule is O=C(NCC1(O)CCOCC1)C(F)F. The van der Waals surface area contributed by atoms with Gasteiger partial charge < -0.3 is 15.2 Å². The molecule has 0 aromatic carbocycles. The van der Waals surface area contributed by atoms with Gasteiger partial charge in [-0.2, -0.15) is 8.78 Å². The zero-order valence-corrected chi connectivity index (χ0v) is 7.63. The number of halogens is 2. The Labute approximate surface area is 80.2 Å². The van der Waals surface area contributed by atoms with E-state index < -0.39 is 17.9 Å². The molecule has 0 aromatic rings. The molecule has 14 heavy (non-hydrogen) atoms. The summed E-state index contributed by atoms with van der Waals surface area (Å²) in [5, 5.41) is 11.8. The minimum atomic E-state index is -3.03. The fraction of sp³-hybridized carbons (Fsp3) is 0.875. The molecular weight excluding hydrogens is 196 g/mol. The van der Waals surface area contributed by atoms with Crippen molar-refractivity contribution in [2.75, 3.05) is 19.8 Å². The molecule has 4 nitrogen and oxygen atoms in total. The Kier molecular flexibility index (Phi) is 3.77. The molecule has 1 rings (SSSR count). The highest BCUT2D eigenvalue weighted by Gasteiger charge is 2.31. The van der Waals surface area contributed by atoms with Gasteiger partial charge in [0.1, 0.15) is 0 Å². The van der Waals surface area contributed by atoms with Gasteiger partial charge in [-0.1, -0.05) is 0 Å². The Bertz CT molecular complexity index is 205. The molecule has 1 fully saturated rings. The molecule has 2 N–H and O–H groups in total. The second kappa shape index (κ2) is 4.65. The molecule has 0 aromatic heterocycles. The predicted molar refractivity (Wildman–Crippen MR) is 44.0 cm³/mol. The third kappa shape index (κ3) is 3.19. The van der Waals surface area contributed by atoms with Crippen LogP contribution in [0, 0.1) is 0 Å². The van der Waals surface area contributed by atoms with Crippen LogP contribution >= 0.6 is 0 Å². The average Bonchev–Trinajstić information content (AvgIpc) is 2.15. The van der Waals surface area contributed by atoms with E-state index in [1.54, 1.807) is 0 Å². The molecule has 0 atom stereocenters. The van der Waals surface area contributed by atoms with Crippen molar-refractivity contribution in [3.63, 3.8) is 0 Å². The summed E-state index contributed by atoms with van der Waals surface area (Å²) >= 11 is 0. The van der Waals surface area contributed by atoms with Gasteiger partial charge in [-0.15, -0.1) is 0 Å². The molecule has 0 spiro atoms. The number of carbonyl (C=O) groups is 1. The van der Waals surface area contributed by atoms with Crippen molar-refractivity contribution < 1.29 is 23.4 Å². The van der Waals surface area contributed by atoms with E-state index in [4.69, 9.17) is 4.74 Å². The molecule has 1 heterocycles. The Morgan fingerprint density at radius 1 is 1.50 bits per heavy atom. The number of rotatable bonds is 3. The lowest BCUT2D eigenvalue weighted by Crippen LogP contribution is -2.47. The first-order chi connectivity index (χ1) is 6.53. The highest BCUT2D eigenvalue weighted by molar-refractivity contribution is 5.79. The van der Waals surface area contributed by atoms with Crippen LogP contribution in [0.4, 0.5) is 8.78 Å². The van der Waals surface area contributed by atoms with Crippen LogP contribution in [0.25, 0.3) is 0 Å². The Balaban J connectivity index is 2.32. The van der Waals surface area contributed by atoms with Crippen LogP contribution in [0.1, 0.15) is 12.8 Å². The molecule has 0 saturated carbocycles. The highest BCUT2D eigenvalue weighted by Crippen LogP contribution is 2.19. The fourth-order valence-electron chi connectivity index (χ4n) is 1.26. The van der Waals surface area contributed by atoms with Gasteiger partial charge in [0.2, 0.25) is 0 Å². The normalized spacial score (nSPS) is 20.9. The summed E-state index contributed by atoms with van der Waals surface area (Å²) < 4.78 is 28.6. The number of aliphatic hydroxyl groups is 1. The van der Waals surface area contributed by atoms with Crippen molar-refractivity contribution in [2.24, 2.45) is 0 Å². The van der Waals surface area contributed by atoms with E-state index in [1.165, 1.54) is 0 Å². The van der Waals surface area contributed by atoms with Gasteiger partial charge in [0, 0.05) is 32.6 Å². The molecule has 1 amide bonds. The standard InChI is InChI=1S/C8H13F2NO3/c9-6(10)7(12)11-5-8(13)1-3-14-4-2-8/h6,13H,1-5H2,(H,11,12). The van der Waals surface area contributed by atoms with E-state index in [1.807, 2.05) is 5.32 Å². The van der Waals surface area contributed by atoms with Crippen LogP contribution in [0.2, 0.25) is 0 Å². The summed E-state index contributed by atoms with van der Waals surface area (Å²) in [6.07, 6.45) is -2.31. The number of nitrogens with one attached hydrogen (secondary N) is 1. The second-order valence-electron chi connectivity index (χ2n) is 3.36. The summed E-state index contributed by atoms with van der Waals surface area (Å²) in [6.45, 7) is 0.641. The van der Waals surface area contributed by atoms with E-state index in [-0.39, 0.29) is 6.54 Å². The van der Waals surface area contributed by atoms with Crippen molar-refractivity contribution in [3.05, 3.63) is 0 Å². The van der Waals surface area contributed by atoms with Crippen LogP contribution in [-0.2, 0) is 9.53 Å². The molecule has 82 valence electrons. The summed E-state index contributed by atoms with van der Waals surface area (Å²) in [5.41, 5.74) is -1.09. The van der Waals surface area contributed by atoms with Gasteiger partial charge >= 0.3 is 6.43 Å². The maximum absolute atomic E-state index is 11.8. The van der Waals surface area contributed by atoms with Gasteiger partial charge in [0.05, 0.1) is 5.60 Å². The molecule has 0 bridgehead atoms. The smallest absolute Gasteiger partial charge is 0.315 e. The van der Waals surface area contributed by atoms with Crippen molar-refractivity contribution in [3.8, 4) is 0 Å². The Morgan fingerprint density at radius 3 is 2.57 bits per heavy atom. The maximum Gasteiger partial charge on any atom is 0.315 e. The molecule has 1 saturated heterocycles. The quantitative estimate of drug-likeness (QED) is 0.683. The van der Waals surface area contributed by atoms with Crippen LogP contribution in [0.5, 0.6) is 0 Å². The van der Waals surface area contributed by atoms with Crippen LogP contribution in [-0.4, -0.2) is 42.8 Å². The number of ether oxygens (including phenoxy) is 1. The predicted octanol–water partition coefficient (Wildman–Crippen LogP) is -0.0908. The lowest BCUT2D eigenvalue weighted by Gasteiger charge is -2.31. The number of hydrogen-bond acceptors (Lipinski definition) is 3. The van der Waals surface area contributed by atoms with E-state index in [0.29, 0.717) is 26.1 Å². The third-order valence-electron chi connectivity index (χ3n) is 2.21. The van der Waals surface area contributed by atoms with Gasteiger partial charge in [-0.25, -0.2) is 0 Å². The first-order valence-corrected chi connectivity index (χ1v) is 4.39. The highest BCUT2D eigenvalue weighted by atomic mass is 19.3. The van der Waals surface area contributed by atoms with E-state index in [2.05, 4.69) is 0 Å². The minimum absolute atomic E-state index is 0.139. The molecule has 1 aliphatic heterocycles. The molecular formula is C8H13F2NO3. The van der Waals surface area contributed by atoms with Crippen molar-refractivity contribution >= 4 is 5.91 Å². The van der Waals surface area contributed by atoms with Crippen LogP contribution < -0.4 is 5.32 Å². The zero-order chi connectivity index (χ0) is 10.6. The summed E-state index contributed by atoms with van der Waals surface area (Å²) in [7, 11) is 0. The molecule has 0 unspecified atom stereocenters. The van der Waals surface area contributed by atoms with E-state index >= 15 is 0 Å². The fourth-order valence-corrected chi connectivity index (χ4v) is 1.26. The summed E-state index contributed by atoms with van der Waals surface area (Å²) in [5.74, 6) is -1.34. The molecule has 6 heteroatoms. The number of alkyl halides is 2. The topological polar surface area (TPSA) is 58.6 Å². The second-order valence-corrected chi connectivity index (χ2v) is 3.36. The minimum Gasteiger partial charge on any atom is -0.388 e. The number of hydrogen-bond donors (Lipinski definition) is 2. The first kappa shape index (κ1) is 11.3. The van der Waals surface area contributed by atoms with Crippen molar-refractivity contribution in [2.45, 2.75) is 24.9 Å². The monoisotopic (exact) mass is 209 g/mol. The Hall–Kier alpha value is -0.750. The maximum atomic E-state index is 11.8. The van der Waals surface area contributed by atoms with Gasteiger partial charge in [0.15, 0.2) is 0 Å². The van der Waals surface area contributed by atoms with Crippen LogP contribution in [0.15, 0.2) is 0 Å². The van der Waals surface area contributed by atoms with Crippen molar-refractivity contribution in [1.29, 1.82) is 0 Å². The summed E-state index contributed by atoms with van der Waals surface area (Å²) in [6, 6.07) is 0. The number of carbonyl (C=O) groups excluding carboxylic acids is 1.